The predicted molar refractivity (Wildman–Crippen MR) is 64.3 cm³/mol. The molecule has 16 heavy (non-hydrogen) atoms. The molecule has 3 heteroatoms. The highest BCUT2D eigenvalue weighted by Gasteiger charge is 2.04. The minimum Gasteiger partial charge on any atom is -0.320 e. The van der Waals surface area contributed by atoms with Gasteiger partial charge in [0.2, 0.25) is 0 Å². The summed E-state index contributed by atoms with van der Waals surface area (Å²) in [7, 11) is 2.02. The third-order valence-corrected chi connectivity index (χ3v) is 2.38. The molecule has 0 saturated carbocycles. The zero-order valence-corrected chi connectivity index (χ0v) is 9.76. The van der Waals surface area contributed by atoms with Crippen molar-refractivity contribution < 1.29 is 4.39 Å². The zero-order chi connectivity index (χ0) is 12.0. The van der Waals surface area contributed by atoms with Crippen LogP contribution in [0.25, 0.3) is 0 Å². The molecule has 0 bridgehead atoms. The second-order valence-electron chi connectivity index (χ2n) is 3.64. The Morgan fingerprint density at radius 3 is 2.81 bits per heavy atom. The van der Waals surface area contributed by atoms with Crippen LogP contribution in [0.4, 0.5) is 4.39 Å². The van der Waals surface area contributed by atoms with Crippen molar-refractivity contribution in [3.05, 3.63) is 35.1 Å². The third-order valence-electron chi connectivity index (χ3n) is 2.38. The van der Waals surface area contributed by atoms with E-state index in [1.807, 2.05) is 7.05 Å². The quantitative estimate of drug-likeness (QED) is 0.784. The van der Waals surface area contributed by atoms with Crippen LogP contribution in [-0.2, 0) is 6.54 Å². The molecular weight excluding hydrogens is 203 g/mol. The Kier molecular flexibility index (Phi) is 4.97. The first-order valence-corrected chi connectivity index (χ1v) is 5.33. The molecule has 0 aliphatic rings. The van der Waals surface area contributed by atoms with E-state index < -0.39 is 0 Å². The molecule has 0 heterocycles. The first-order chi connectivity index (χ1) is 7.67. The summed E-state index contributed by atoms with van der Waals surface area (Å²) in [6, 6.07) is 4.70. The standard InChI is InChI=1S/C13H17FN2/c1-3-16(2)10-12-6-7-13(14)9-11(12)5-4-8-15/h6-7,9H,3,8,10,15H2,1-2H3. The highest BCUT2D eigenvalue weighted by Crippen LogP contribution is 2.12. The zero-order valence-electron chi connectivity index (χ0n) is 9.76. The lowest BCUT2D eigenvalue weighted by molar-refractivity contribution is 0.345. The van der Waals surface area contributed by atoms with Gasteiger partial charge in [-0.3, -0.25) is 0 Å². The van der Waals surface area contributed by atoms with Crippen molar-refractivity contribution in [2.45, 2.75) is 13.5 Å². The van der Waals surface area contributed by atoms with Crippen molar-refractivity contribution in [1.82, 2.24) is 4.90 Å². The second-order valence-corrected chi connectivity index (χ2v) is 3.64. The van der Waals surface area contributed by atoms with Crippen molar-refractivity contribution in [2.75, 3.05) is 20.1 Å². The third kappa shape index (κ3) is 3.65. The molecular formula is C13H17FN2. The Labute approximate surface area is 96.3 Å². The Morgan fingerprint density at radius 2 is 2.19 bits per heavy atom. The minimum atomic E-state index is -0.260. The van der Waals surface area contributed by atoms with Gasteiger partial charge in [0.15, 0.2) is 0 Å². The lowest BCUT2D eigenvalue weighted by Gasteiger charge is -2.15. The molecule has 0 spiro atoms. The average Bonchev–Trinajstić information content (AvgIpc) is 2.29. The van der Waals surface area contributed by atoms with Crippen molar-refractivity contribution >= 4 is 0 Å². The van der Waals surface area contributed by atoms with Gasteiger partial charge in [-0.1, -0.05) is 24.8 Å². The van der Waals surface area contributed by atoms with E-state index in [1.54, 1.807) is 6.07 Å². The van der Waals surface area contributed by atoms with Gasteiger partial charge in [-0.2, -0.15) is 0 Å². The van der Waals surface area contributed by atoms with E-state index >= 15 is 0 Å². The molecule has 0 fully saturated rings. The predicted octanol–water partition coefficient (Wildman–Crippen LogP) is 1.59. The van der Waals surface area contributed by atoms with Crippen molar-refractivity contribution in [3.8, 4) is 11.8 Å². The maximum Gasteiger partial charge on any atom is 0.124 e. The molecule has 0 radical (unpaired) electrons. The van der Waals surface area contributed by atoms with E-state index in [2.05, 4.69) is 23.7 Å². The van der Waals surface area contributed by atoms with E-state index in [-0.39, 0.29) is 5.82 Å². The Bertz CT molecular complexity index is 404. The number of hydrogen-bond acceptors (Lipinski definition) is 2. The summed E-state index contributed by atoms with van der Waals surface area (Å²) in [5, 5.41) is 0. The first kappa shape index (κ1) is 12.7. The van der Waals surface area contributed by atoms with E-state index in [9.17, 15) is 4.39 Å². The van der Waals surface area contributed by atoms with Crippen LogP contribution in [0, 0.1) is 17.7 Å². The van der Waals surface area contributed by atoms with Crippen LogP contribution in [0.3, 0.4) is 0 Å². The number of hydrogen-bond donors (Lipinski definition) is 1. The summed E-state index contributed by atoms with van der Waals surface area (Å²) < 4.78 is 13.1. The molecule has 0 unspecified atom stereocenters. The number of nitrogens with zero attached hydrogens (tertiary/aromatic N) is 1. The maximum absolute atomic E-state index is 13.1. The lowest BCUT2D eigenvalue weighted by atomic mass is 10.1. The SMILES string of the molecule is CCN(C)Cc1ccc(F)cc1C#CCN. The van der Waals surface area contributed by atoms with E-state index in [0.717, 1.165) is 24.2 Å². The van der Waals surface area contributed by atoms with Gasteiger partial charge in [-0.15, -0.1) is 0 Å². The fourth-order valence-electron chi connectivity index (χ4n) is 1.35. The normalized spacial score (nSPS) is 10.1. The molecule has 0 atom stereocenters. The fourth-order valence-corrected chi connectivity index (χ4v) is 1.35. The van der Waals surface area contributed by atoms with Gasteiger partial charge in [0.1, 0.15) is 5.82 Å². The smallest absolute Gasteiger partial charge is 0.124 e. The summed E-state index contributed by atoms with van der Waals surface area (Å²) in [5.74, 6) is 5.40. The number of benzene rings is 1. The molecule has 0 aliphatic heterocycles. The maximum atomic E-state index is 13.1. The van der Waals surface area contributed by atoms with Gasteiger partial charge < -0.3 is 10.6 Å². The van der Waals surface area contributed by atoms with Gasteiger partial charge in [0.05, 0.1) is 6.54 Å². The fraction of sp³-hybridized carbons (Fsp3) is 0.385. The van der Waals surface area contributed by atoms with Crippen molar-refractivity contribution in [2.24, 2.45) is 5.73 Å². The molecule has 2 nitrogen and oxygen atoms in total. The van der Waals surface area contributed by atoms with Crippen LogP contribution in [0.2, 0.25) is 0 Å². The number of nitrogens with two attached hydrogens (primary N) is 1. The van der Waals surface area contributed by atoms with Crippen LogP contribution < -0.4 is 5.73 Å². The Hall–Kier alpha value is -1.37. The molecule has 1 rings (SSSR count). The summed E-state index contributed by atoms with van der Waals surface area (Å²) in [6.45, 7) is 4.08. The summed E-state index contributed by atoms with van der Waals surface area (Å²) in [4.78, 5) is 2.14. The lowest BCUT2D eigenvalue weighted by Crippen LogP contribution is -2.17. The highest BCUT2D eigenvalue weighted by atomic mass is 19.1. The Morgan fingerprint density at radius 1 is 1.44 bits per heavy atom. The molecule has 1 aromatic rings. The number of rotatable bonds is 3. The number of halogens is 1. The van der Waals surface area contributed by atoms with Gasteiger partial charge >= 0.3 is 0 Å². The molecule has 86 valence electrons. The van der Waals surface area contributed by atoms with Crippen LogP contribution in [0.1, 0.15) is 18.1 Å². The van der Waals surface area contributed by atoms with Crippen LogP contribution >= 0.6 is 0 Å². The first-order valence-electron chi connectivity index (χ1n) is 5.33. The van der Waals surface area contributed by atoms with E-state index in [4.69, 9.17) is 5.73 Å². The monoisotopic (exact) mass is 220 g/mol. The summed E-state index contributed by atoms with van der Waals surface area (Å²) in [6.07, 6.45) is 0. The molecule has 0 saturated heterocycles. The van der Waals surface area contributed by atoms with Gasteiger partial charge in [0.25, 0.3) is 0 Å². The van der Waals surface area contributed by atoms with Crippen molar-refractivity contribution in [1.29, 1.82) is 0 Å². The van der Waals surface area contributed by atoms with Gasteiger partial charge in [-0.25, -0.2) is 4.39 Å². The van der Waals surface area contributed by atoms with Gasteiger partial charge in [0, 0.05) is 12.1 Å². The van der Waals surface area contributed by atoms with E-state index in [1.165, 1.54) is 12.1 Å². The minimum absolute atomic E-state index is 0.260. The Balaban J connectivity index is 2.98. The van der Waals surface area contributed by atoms with Crippen LogP contribution in [-0.4, -0.2) is 25.0 Å². The summed E-state index contributed by atoms with van der Waals surface area (Å²) >= 11 is 0. The van der Waals surface area contributed by atoms with Crippen molar-refractivity contribution in [3.63, 3.8) is 0 Å². The summed E-state index contributed by atoms with van der Waals surface area (Å²) in [5.41, 5.74) is 7.08. The second kappa shape index (κ2) is 6.26. The molecule has 1 aromatic carbocycles. The average molecular weight is 220 g/mol. The molecule has 0 aliphatic carbocycles. The molecule has 0 aromatic heterocycles. The molecule has 0 amide bonds. The van der Waals surface area contributed by atoms with E-state index in [0.29, 0.717) is 6.54 Å². The largest absolute Gasteiger partial charge is 0.320 e. The highest BCUT2D eigenvalue weighted by molar-refractivity contribution is 5.41. The topological polar surface area (TPSA) is 29.3 Å². The van der Waals surface area contributed by atoms with Crippen LogP contribution in [0.15, 0.2) is 18.2 Å². The van der Waals surface area contributed by atoms with Crippen LogP contribution in [0.5, 0.6) is 0 Å². The van der Waals surface area contributed by atoms with Gasteiger partial charge in [-0.05, 0) is 31.3 Å². The molecule has 2 N–H and O–H groups in total.